The van der Waals surface area contributed by atoms with Gasteiger partial charge < -0.3 is 14.2 Å². The molecule has 0 saturated carbocycles. The van der Waals surface area contributed by atoms with E-state index in [2.05, 4.69) is 4.72 Å². The molecule has 0 spiro atoms. The minimum absolute atomic E-state index is 0.0216. The van der Waals surface area contributed by atoms with E-state index < -0.39 is 15.8 Å². The number of ether oxygens (including phenoxy) is 3. The van der Waals surface area contributed by atoms with Gasteiger partial charge in [-0.05, 0) is 36.8 Å². The van der Waals surface area contributed by atoms with E-state index in [-0.39, 0.29) is 11.4 Å². The first-order chi connectivity index (χ1) is 11.8. The van der Waals surface area contributed by atoms with Crippen molar-refractivity contribution in [1.82, 2.24) is 4.72 Å². The topological polar surface area (TPSA) is 73.9 Å². The number of hydrogen-bond donors (Lipinski definition) is 1. The van der Waals surface area contributed by atoms with Crippen molar-refractivity contribution in [3.05, 3.63) is 47.3 Å². The molecule has 136 valence electrons. The third-order valence-electron chi connectivity index (χ3n) is 3.66. The Morgan fingerprint density at radius 3 is 2.24 bits per heavy atom. The van der Waals surface area contributed by atoms with Crippen molar-refractivity contribution in [2.24, 2.45) is 0 Å². The van der Waals surface area contributed by atoms with Crippen LogP contribution in [0.3, 0.4) is 0 Å². The summed E-state index contributed by atoms with van der Waals surface area (Å²) in [5, 5.41) is 0. The Morgan fingerprint density at radius 2 is 1.68 bits per heavy atom. The fourth-order valence-electron chi connectivity index (χ4n) is 2.47. The summed E-state index contributed by atoms with van der Waals surface area (Å²) >= 11 is 0. The van der Waals surface area contributed by atoms with Crippen LogP contribution in [0.25, 0.3) is 0 Å². The molecule has 8 heteroatoms. The van der Waals surface area contributed by atoms with Gasteiger partial charge in [0.1, 0.15) is 5.82 Å². The van der Waals surface area contributed by atoms with Crippen molar-refractivity contribution in [2.75, 3.05) is 21.3 Å². The Balaban J connectivity index is 2.31. The Morgan fingerprint density at radius 1 is 1.00 bits per heavy atom. The smallest absolute Gasteiger partial charge is 0.241 e. The highest BCUT2D eigenvalue weighted by atomic mass is 32.2. The normalized spacial score (nSPS) is 11.2. The van der Waals surface area contributed by atoms with Crippen molar-refractivity contribution in [2.45, 2.75) is 18.4 Å². The molecule has 2 aromatic rings. The van der Waals surface area contributed by atoms with Gasteiger partial charge in [-0.15, -0.1) is 0 Å². The van der Waals surface area contributed by atoms with Crippen LogP contribution in [0.1, 0.15) is 11.1 Å². The van der Waals surface area contributed by atoms with Gasteiger partial charge in [-0.25, -0.2) is 17.5 Å². The number of nitrogens with one attached hydrogen (secondary N) is 1. The van der Waals surface area contributed by atoms with Gasteiger partial charge in [0.2, 0.25) is 15.8 Å². The second-order valence-corrected chi connectivity index (χ2v) is 6.96. The third-order valence-corrected chi connectivity index (χ3v) is 5.23. The molecule has 0 aliphatic carbocycles. The molecule has 0 heterocycles. The van der Waals surface area contributed by atoms with E-state index >= 15 is 0 Å². The molecule has 0 unspecified atom stereocenters. The first-order valence-electron chi connectivity index (χ1n) is 7.37. The number of rotatable bonds is 7. The molecule has 0 amide bonds. The molecular weight excluding hydrogens is 349 g/mol. The average molecular weight is 369 g/mol. The number of halogens is 1. The van der Waals surface area contributed by atoms with Crippen LogP contribution in [0.5, 0.6) is 17.2 Å². The maximum absolute atomic E-state index is 13.2. The molecule has 2 aromatic carbocycles. The second kappa shape index (κ2) is 7.71. The van der Waals surface area contributed by atoms with E-state index in [4.69, 9.17) is 14.2 Å². The minimum Gasteiger partial charge on any atom is -0.493 e. The van der Waals surface area contributed by atoms with Gasteiger partial charge in [0.05, 0.1) is 26.2 Å². The van der Waals surface area contributed by atoms with Crippen LogP contribution in [-0.4, -0.2) is 29.7 Å². The fraction of sp³-hybridized carbons (Fsp3) is 0.294. The van der Waals surface area contributed by atoms with Crippen LogP contribution in [0, 0.1) is 12.7 Å². The largest absolute Gasteiger partial charge is 0.493 e. The van der Waals surface area contributed by atoms with Gasteiger partial charge in [-0.3, -0.25) is 0 Å². The summed E-state index contributed by atoms with van der Waals surface area (Å²) in [7, 11) is 0.613. The predicted molar refractivity (Wildman–Crippen MR) is 91.3 cm³/mol. The lowest BCUT2D eigenvalue weighted by molar-refractivity contribution is 0.322. The lowest BCUT2D eigenvalue weighted by atomic mass is 10.1. The summed E-state index contributed by atoms with van der Waals surface area (Å²) < 4.78 is 56.4. The predicted octanol–water partition coefficient (Wildman–Crippen LogP) is 2.64. The Kier molecular flexibility index (Phi) is 5.86. The van der Waals surface area contributed by atoms with Crippen LogP contribution in [0.2, 0.25) is 0 Å². The van der Waals surface area contributed by atoms with E-state index in [1.54, 1.807) is 12.1 Å². The molecule has 0 radical (unpaired) electrons. The quantitative estimate of drug-likeness (QED) is 0.812. The summed E-state index contributed by atoms with van der Waals surface area (Å²) in [4.78, 5) is 0.0216. The van der Waals surface area contributed by atoms with E-state index in [1.807, 2.05) is 0 Å². The van der Waals surface area contributed by atoms with Crippen molar-refractivity contribution in [3.63, 3.8) is 0 Å². The van der Waals surface area contributed by atoms with Crippen LogP contribution in [-0.2, 0) is 16.6 Å². The van der Waals surface area contributed by atoms with Gasteiger partial charge in [0, 0.05) is 12.1 Å². The average Bonchev–Trinajstić information content (AvgIpc) is 2.58. The molecule has 6 nitrogen and oxygen atoms in total. The number of sulfonamides is 1. The van der Waals surface area contributed by atoms with Crippen molar-refractivity contribution in [1.29, 1.82) is 0 Å². The molecule has 0 aliphatic heterocycles. The van der Waals surface area contributed by atoms with Gasteiger partial charge in [0.25, 0.3) is 0 Å². The van der Waals surface area contributed by atoms with E-state index in [9.17, 15) is 12.8 Å². The van der Waals surface area contributed by atoms with E-state index in [0.717, 1.165) is 6.07 Å². The highest BCUT2D eigenvalue weighted by Crippen LogP contribution is 2.39. The summed E-state index contributed by atoms with van der Waals surface area (Å²) in [6.07, 6.45) is 0. The summed E-state index contributed by atoms with van der Waals surface area (Å²) in [6.45, 7) is 1.51. The molecule has 0 aromatic heterocycles. The monoisotopic (exact) mass is 369 g/mol. The zero-order valence-corrected chi connectivity index (χ0v) is 15.2. The molecule has 25 heavy (non-hydrogen) atoms. The number of aryl methyl sites for hydroxylation is 1. The molecule has 2 rings (SSSR count). The summed E-state index contributed by atoms with van der Waals surface area (Å²) in [5.74, 6) is 0.735. The van der Waals surface area contributed by atoms with Gasteiger partial charge in [-0.2, -0.15) is 0 Å². The van der Waals surface area contributed by atoms with Gasteiger partial charge in [0.15, 0.2) is 11.5 Å². The molecule has 0 saturated heterocycles. The highest BCUT2D eigenvalue weighted by molar-refractivity contribution is 7.89. The molecule has 0 atom stereocenters. The zero-order valence-electron chi connectivity index (χ0n) is 14.4. The first kappa shape index (κ1) is 19.0. The van der Waals surface area contributed by atoms with E-state index in [0.29, 0.717) is 28.4 Å². The number of methoxy groups -OCH3 is 3. The number of hydrogen-bond acceptors (Lipinski definition) is 5. The third kappa shape index (κ3) is 4.02. The first-order valence-corrected chi connectivity index (χ1v) is 8.86. The van der Waals surface area contributed by atoms with Crippen LogP contribution in [0.15, 0.2) is 35.2 Å². The van der Waals surface area contributed by atoms with Crippen LogP contribution in [0.4, 0.5) is 4.39 Å². The Bertz CT molecular complexity index is 868. The summed E-state index contributed by atoms with van der Waals surface area (Å²) in [5.41, 5.74) is 0.898. The Hall–Kier alpha value is -2.32. The summed E-state index contributed by atoms with van der Waals surface area (Å²) in [6, 6.07) is 6.86. The SMILES string of the molecule is COc1ccc(CNS(=O)(=O)c2ccc(F)cc2C)c(OC)c1OC. The van der Waals surface area contributed by atoms with Crippen molar-refractivity contribution in [3.8, 4) is 17.2 Å². The molecule has 1 N–H and O–H groups in total. The molecular formula is C17H20FNO5S. The zero-order chi connectivity index (χ0) is 18.6. The standard InChI is InChI=1S/C17H20FNO5S/c1-11-9-13(18)6-8-15(11)25(20,21)19-10-12-5-7-14(22-2)17(24-4)16(12)23-3/h5-9,19H,10H2,1-4H3. The lowest BCUT2D eigenvalue weighted by Crippen LogP contribution is -2.24. The molecule has 0 bridgehead atoms. The Labute approximate surface area is 146 Å². The maximum atomic E-state index is 13.2. The second-order valence-electron chi connectivity index (χ2n) is 5.23. The van der Waals surface area contributed by atoms with E-state index in [1.165, 1.54) is 40.4 Å². The van der Waals surface area contributed by atoms with Crippen LogP contribution < -0.4 is 18.9 Å². The van der Waals surface area contributed by atoms with Crippen molar-refractivity contribution >= 4 is 10.0 Å². The fourth-order valence-corrected chi connectivity index (χ4v) is 3.70. The lowest BCUT2D eigenvalue weighted by Gasteiger charge is -2.16. The highest BCUT2D eigenvalue weighted by Gasteiger charge is 2.20. The van der Waals surface area contributed by atoms with Crippen LogP contribution >= 0.6 is 0 Å². The van der Waals surface area contributed by atoms with Gasteiger partial charge in [-0.1, -0.05) is 6.07 Å². The molecule has 0 aliphatic rings. The maximum Gasteiger partial charge on any atom is 0.241 e. The number of benzene rings is 2. The van der Waals surface area contributed by atoms with Gasteiger partial charge >= 0.3 is 0 Å². The minimum atomic E-state index is -3.81. The molecule has 0 fully saturated rings. The van der Waals surface area contributed by atoms with Crippen molar-refractivity contribution < 1.29 is 27.0 Å².